The first-order valence-corrected chi connectivity index (χ1v) is 11.4. The lowest BCUT2D eigenvalue weighted by Crippen LogP contribution is -2.40. The largest absolute Gasteiger partial charge is 0.406 e. The molecule has 0 radical (unpaired) electrons. The van der Waals surface area contributed by atoms with Crippen molar-refractivity contribution < 1.29 is 22.7 Å². The Labute approximate surface area is 180 Å². The van der Waals surface area contributed by atoms with Gasteiger partial charge in [-0.15, -0.1) is 21.5 Å². The van der Waals surface area contributed by atoms with Gasteiger partial charge in [-0.1, -0.05) is 11.8 Å². The molecule has 1 saturated heterocycles. The molecule has 4 heterocycles. The first kappa shape index (κ1) is 21.4. The Morgan fingerprint density at radius 2 is 2.07 bits per heavy atom. The SMILES string of the molecule is CC(Sc1nnc(N2CCOCC2)n1CC(F)(F)F)C(=O)N1CCc2sccc2C1. The van der Waals surface area contributed by atoms with Crippen molar-refractivity contribution >= 4 is 35.0 Å². The maximum absolute atomic E-state index is 13.2. The number of hydrogen-bond acceptors (Lipinski definition) is 7. The van der Waals surface area contributed by atoms with Crippen LogP contribution in [0.5, 0.6) is 0 Å². The Morgan fingerprint density at radius 1 is 1.30 bits per heavy atom. The van der Waals surface area contributed by atoms with E-state index in [2.05, 4.69) is 10.2 Å². The van der Waals surface area contributed by atoms with Gasteiger partial charge in [-0.25, -0.2) is 0 Å². The van der Waals surface area contributed by atoms with Gasteiger partial charge in [-0.2, -0.15) is 13.2 Å². The van der Waals surface area contributed by atoms with Crippen molar-refractivity contribution in [1.29, 1.82) is 0 Å². The molecule has 12 heteroatoms. The Balaban J connectivity index is 1.50. The number of morpholine rings is 1. The predicted molar refractivity (Wildman–Crippen MR) is 108 cm³/mol. The third kappa shape index (κ3) is 4.75. The highest BCUT2D eigenvalue weighted by Gasteiger charge is 2.34. The van der Waals surface area contributed by atoms with E-state index in [1.165, 1.54) is 4.88 Å². The van der Waals surface area contributed by atoms with Crippen LogP contribution in [0, 0.1) is 0 Å². The van der Waals surface area contributed by atoms with Crippen molar-refractivity contribution in [2.45, 2.75) is 43.0 Å². The highest BCUT2D eigenvalue weighted by molar-refractivity contribution is 8.00. The molecule has 2 aromatic heterocycles. The summed E-state index contributed by atoms with van der Waals surface area (Å²) in [7, 11) is 0. The summed E-state index contributed by atoms with van der Waals surface area (Å²) < 4.78 is 46.1. The number of halogens is 3. The number of alkyl halides is 3. The standard InChI is InChI=1S/C18H22F3N5O2S2/c1-12(15(27)25-4-2-14-13(10-25)3-9-29-14)30-17-23-22-16(24-5-7-28-8-6-24)26(17)11-18(19,20)21/h3,9,12H,2,4-8,10-11H2,1H3. The number of rotatable bonds is 5. The van der Waals surface area contributed by atoms with Crippen LogP contribution in [0.2, 0.25) is 0 Å². The van der Waals surface area contributed by atoms with Crippen LogP contribution < -0.4 is 4.90 Å². The number of ether oxygens (including phenoxy) is 1. The molecule has 2 aliphatic heterocycles. The lowest BCUT2D eigenvalue weighted by Gasteiger charge is -2.29. The molecule has 1 fully saturated rings. The van der Waals surface area contributed by atoms with Crippen molar-refractivity contribution in [3.63, 3.8) is 0 Å². The van der Waals surface area contributed by atoms with E-state index < -0.39 is 18.0 Å². The van der Waals surface area contributed by atoms with Gasteiger partial charge in [0.25, 0.3) is 0 Å². The summed E-state index contributed by atoms with van der Waals surface area (Å²) in [5.41, 5.74) is 1.15. The molecule has 7 nitrogen and oxygen atoms in total. The highest BCUT2D eigenvalue weighted by Crippen LogP contribution is 2.31. The van der Waals surface area contributed by atoms with Gasteiger partial charge in [0.1, 0.15) is 6.54 Å². The van der Waals surface area contributed by atoms with Crippen LogP contribution >= 0.6 is 23.1 Å². The minimum Gasteiger partial charge on any atom is -0.378 e. The highest BCUT2D eigenvalue weighted by atomic mass is 32.2. The lowest BCUT2D eigenvalue weighted by molar-refractivity contribution is -0.141. The number of carbonyl (C=O) groups excluding carboxylic acids is 1. The average Bonchev–Trinajstić information content (AvgIpc) is 3.33. The molecule has 164 valence electrons. The molecular weight excluding hydrogens is 439 g/mol. The fourth-order valence-corrected chi connectivity index (χ4v) is 5.40. The van der Waals surface area contributed by atoms with Crippen LogP contribution in [0.25, 0.3) is 0 Å². The molecule has 0 spiro atoms. The van der Waals surface area contributed by atoms with Crippen LogP contribution in [0.3, 0.4) is 0 Å². The minimum atomic E-state index is -4.42. The van der Waals surface area contributed by atoms with Gasteiger partial charge in [0.05, 0.1) is 18.5 Å². The fourth-order valence-electron chi connectivity index (χ4n) is 3.59. The second-order valence-electron chi connectivity index (χ2n) is 7.22. The lowest BCUT2D eigenvalue weighted by atomic mass is 10.1. The van der Waals surface area contributed by atoms with E-state index in [-0.39, 0.29) is 17.0 Å². The molecule has 30 heavy (non-hydrogen) atoms. The first-order valence-electron chi connectivity index (χ1n) is 9.65. The molecule has 2 aromatic rings. The number of fused-ring (bicyclic) bond motifs is 1. The molecule has 1 unspecified atom stereocenters. The second kappa shape index (κ2) is 8.75. The predicted octanol–water partition coefficient (Wildman–Crippen LogP) is 2.80. The van der Waals surface area contributed by atoms with Gasteiger partial charge in [-0.05, 0) is 30.4 Å². The fraction of sp³-hybridized carbons (Fsp3) is 0.611. The first-order chi connectivity index (χ1) is 14.3. The van der Waals surface area contributed by atoms with Gasteiger partial charge in [-0.3, -0.25) is 9.36 Å². The molecule has 0 bridgehead atoms. The normalized spacial score (nSPS) is 18.4. The Morgan fingerprint density at radius 3 is 2.80 bits per heavy atom. The third-order valence-electron chi connectivity index (χ3n) is 5.08. The number of thioether (sulfide) groups is 1. The molecule has 1 atom stereocenters. The zero-order valence-electron chi connectivity index (χ0n) is 16.4. The maximum Gasteiger partial charge on any atom is 0.406 e. The van der Waals surface area contributed by atoms with Crippen LogP contribution in [0.15, 0.2) is 16.6 Å². The summed E-state index contributed by atoms with van der Waals surface area (Å²) in [5, 5.41) is 9.55. The zero-order valence-corrected chi connectivity index (χ0v) is 18.0. The number of aromatic nitrogens is 3. The van der Waals surface area contributed by atoms with E-state index in [1.807, 2.05) is 11.4 Å². The summed E-state index contributed by atoms with van der Waals surface area (Å²) >= 11 is 2.71. The van der Waals surface area contributed by atoms with Crippen molar-refractivity contribution in [3.05, 3.63) is 21.9 Å². The van der Waals surface area contributed by atoms with Crippen molar-refractivity contribution in [2.24, 2.45) is 0 Å². The monoisotopic (exact) mass is 461 g/mol. The van der Waals surface area contributed by atoms with Gasteiger partial charge in [0.15, 0.2) is 5.16 Å². The van der Waals surface area contributed by atoms with E-state index in [0.29, 0.717) is 39.4 Å². The Bertz CT molecular complexity index is 895. The van der Waals surface area contributed by atoms with Crippen molar-refractivity contribution in [1.82, 2.24) is 19.7 Å². The van der Waals surface area contributed by atoms with Gasteiger partial charge < -0.3 is 14.5 Å². The van der Waals surface area contributed by atoms with E-state index >= 15 is 0 Å². The summed E-state index contributed by atoms with van der Waals surface area (Å²) in [6.45, 7) is 3.42. The molecule has 1 amide bonds. The molecule has 0 saturated carbocycles. The minimum absolute atomic E-state index is 0.0999. The number of nitrogens with zero attached hydrogens (tertiary/aromatic N) is 5. The van der Waals surface area contributed by atoms with Gasteiger partial charge in [0, 0.05) is 31.1 Å². The molecule has 0 aliphatic carbocycles. The quantitative estimate of drug-likeness (QED) is 0.639. The summed E-state index contributed by atoms with van der Waals surface area (Å²) in [4.78, 5) is 17.7. The number of anilines is 1. The maximum atomic E-state index is 13.2. The van der Waals surface area contributed by atoms with E-state index in [9.17, 15) is 18.0 Å². The Kier molecular flexibility index (Phi) is 6.26. The molecule has 4 rings (SSSR count). The van der Waals surface area contributed by atoms with E-state index in [0.717, 1.165) is 28.3 Å². The molecule has 0 N–H and O–H groups in total. The number of hydrogen-bond donors (Lipinski definition) is 0. The smallest absolute Gasteiger partial charge is 0.378 e. The van der Waals surface area contributed by atoms with Crippen LogP contribution in [0.4, 0.5) is 19.1 Å². The van der Waals surface area contributed by atoms with Crippen LogP contribution in [-0.4, -0.2) is 69.8 Å². The van der Waals surface area contributed by atoms with Crippen molar-refractivity contribution in [2.75, 3.05) is 37.7 Å². The summed E-state index contributed by atoms with van der Waals surface area (Å²) in [5.74, 6) is 0.0602. The Hall–Kier alpha value is -1.79. The topological polar surface area (TPSA) is 63.5 Å². The van der Waals surface area contributed by atoms with Gasteiger partial charge in [0.2, 0.25) is 11.9 Å². The van der Waals surface area contributed by atoms with Gasteiger partial charge >= 0.3 is 6.18 Å². The van der Waals surface area contributed by atoms with E-state index in [4.69, 9.17) is 4.74 Å². The molecular formula is C18H22F3N5O2S2. The molecule has 0 aromatic carbocycles. The number of amides is 1. The van der Waals surface area contributed by atoms with Crippen LogP contribution in [-0.2, 0) is 29.0 Å². The molecule has 2 aliphatic rings. The number of thiophene rings is 1. The zero-order chi connectivity index (χ0) is 21.3. The summed E-state index contributed by atoms with van der Waals surface area (Å²) in [6, 6.07) is 2.02. The average molecular weight is 462 g/mol. The summed E-state index contributed by atoms with van der Waals surface area (Å²) in [6.07, 6.45) is -3.62. The van der Waals surface area contributed by atoms with Crippen LogP contribution in [0.1, 0.15) is 17.4 Å². The number of carbonyl (C=O) groups is 1. The van der Waals surface area contributed by atoms with E-state index in [1.54, 1.807) is 28.1 Å². The second-order valence-corrected chi connectivity index (χ2v) is 9.53. The third-order valence-corrected chi connectivity index (χ3v) is 7.17. The van der Waals surface area contributed by atoms with Crippen molar-refractivity contribution in [3.8, 4) is 0 Å².